The fourth-order valence-electron chi connectivity index (χ4n) is 3.10. The van der Waals surface area contributed by atoms with Gasteiger partial charge < -0.3 is 4.74 Å². The highest BCUT2D eigenvalue weighted by Crippen LogP contribution is 2.27. The van der Waals surface area contributed by atoms with Crippen molar-refractivity contribution >= 4 is 29.2 Å². The normalized spacial score (nSPS) is 11.3. The number of nitrogens with one attached hydrogen (secondary N) is 1. The molecule has 0 saturated heterocycles. The lowest BCUT2D eigenvalue weighted by molar-refractivity contribution is 0.415. The molecular weight excluding hydrogens is 356 g/mol. The topological polar surface area (TPSA) is 55.2 Å². The summed E-state index contributed by atoms with van der Waals surface area (Å²) in [6.07, 6.45) is 1.77. The molecule has 0 aliphatic rings. The number of H-pyrrole nitrogens is 1. The highest BCUT2D eigenvalue weighted by atomic mass is 32.1. The van der Waals surface area contributed by atoms with Gasteiger partial charge in [-0.3, -0.25) is 0 Å². The van der Waals surface area contributed by atoms with Crippen LogP contribution in [0.15, 0.2) is 65.8 Å². The number of benzene rings is 3. The van der Waals surface area contributed by atoms with E-state index in [1.165, 1.54) is 0 Å². The van der Waals surface area contributed by atoms with Crippen LogP contribution in [-0.2, 0) is 0 Å². The standard InChI is InChI=1S/C21H18N4OS/c1-14-7-3-5-9-16(14)20-23-24-21(27)25(20)22-13-18-17-10-6-4-8-15(17)11-12-19(18)26-2/h3-13H,1-2H3,(H,24,27)/b22-13-. The highest BCUT2D eigenvalue weighted by molar-refractivity contribution is 7.71. The summed E-state index contributed by atoms with van der Waals surface area (Å²) in [5, 5.41) is 14.0. The molecule has 3 aromatic carbocycles. The smallest absolute Gasteiger partial charge is 0.216 e. The number of hydrogen-bond acceptors (Lipinski definition) is 4. The maximum absolute atomic E-state index is 5.54. The Hall–Kier alpha value is -3.25. The molecule has 6 heteroatoms. The van der Waals surface area contributed by atoms with Crippen LogP contribution < -0.4 is 4.74 Å². The number of methoxy groups -OCH3 is 1. The molecule has 27 heavy (non-hydrogen) atoms. The van der Waals surface area contributed by atoms with Crippen LogP contribution in [0.25, 0.3) is 22.2 Å². The van der Waals surface area contributed by atoms with Gasteiger partial charge in [-0.05, 0) is 41.5 Å². The molecule has 0 spiro atoms. The predicted molar refractivity (Wildman–Crippen MR) is 111 cm³/mol. The van der Waals surface area contributed by atoms with Crippen molar-refractivity contribution in [3.8, 4) is 17.1 Å². The molecule has 1 N–H and O–H groups in total. The zero-order valence-electron chi connectivity index (χ0n) is 15.0. The van der Waals surface area contributed by atoms with Crippen molar-refractivity contribution in [3.05, 3.63) is 76.6 Å². The largest absolute Gasteiger partial charge is 0.496 e. The summed E-state index contributed by atoms with van der Waals surface area (Å²) in [6, 6.07) is 20.1. The van der Waals surface area contributed by atoms with Gasteiger partial charge in [-0.1, -0.05) is 54.6 Å². The van der Waals surface area contributed by atoms with Gasteiger partial charge in [-0.15, -0.1) is 0 Å². The monoisotopic (exact) mass is 374 g/mol. The molecule has 134 valence electrons. The Morgan fingerprint density at radius 2 is 1.85 bits per heavy atom. The lowest BCUT2D eigenvalue weighted by atomic mass is 10.0. The third-order valence-electron chi connectivity index (χ3n) is 4.49. The van der Waals surface area contributed by atoms with Crippen molar-refractivity contribution in [2.24, 2.45) is 5.10 Å². The van der Waals surface area contributed by atoms with Crippen LogP contribution in [0, 0.1) is 11.7 Å². The van der Waals surface area contributed by atoms with Crippen molar-refractivity contribution in [3.63, 3.8) is 0 Å². The molecule has 0 saturated carbocycles. The Morgan fingerprint density at radius 1 is 1.07 bits per heavy atom. The lowest BCUT2D eigenvalue weighted by Gasteiger charge is -2.09. The third kappa shape index (κ3) is 3.15. The van der Waals surface area contributed by atoms with E-state index in [0.717, 1.165) is 33.2 Å². The van der Waals surface area contributed by atoms with Crippen LogP contribution in [0.3, 0.4) is 0 Å². The van der Waals surface area contributed by atoms with Crippen LogP contribution >= 0.6 is 12.2 Å². The second kappa shape index (κ2) is 7.17. The highest BCUT2D eigenvalue weighted by Gasteiger charge is 2.11. The van der Waals surface area contributed by atoms with Crippen molar-refractivity contribution < 1.29 is 4.74 Å². The third-order valence-corrected chi connectivity index (χ3v) is 4.75. The van der Waals surface area contributed by atoms with Crippen molar-refractivity contribution in [2.45, 2.75) is 6.92 Å². The summed E-state index contributed by atoms with van der Waals surface area (Å²) in [7, 11) is 1.66. The first-order chi connectivity index (χ1) is 13.2. The maximum atomic E-state index is 5.54. The van der Waals surface area contributed by atoms with Crippen molar-refractivity contribution in [1.82, 2.24) is 14.9 Å². The van der Waals surface area contributed by atoms with Gasteiger partial charge in [0.05, 0.1) is 13.3 Å². The number of aromatic amines is 1. The van der Waals surface area contributed by atoms with Crippen LogP contribution in [0.5, 0.6) is 5.75 Å². The molecule has 0 fully saturated rings. The van der Waals surface area contributed by atoms with E-state index in [2.05, 4.69) is 27.4 Å². The fourth-order valence-corrected chi connectivity index (χ4v) is 3.28. The molecule has 0 aliphatic heterocycles. The van der Waals surface area contributed by atoms with Gasteiger partial charge >= 0.3 is 0 Å². The van der Waals surface area contributed by atoms with E-state index in [4.69, 9.17) is 17.0 Å². The second-order valence-corrected chi connectivity index (χ2v) is 6.51. The Morgan fingerprint density at radius 3 is 2.67 bits per heavy atom. The minimum Gasteiger partial charge on any atom is -0.496 e. The predicted octanol–water partition coefficient (Wildman–Crippen LogP) is 4.96. The van der Waals surface area contributed by atoms with Crippen LogP contribution in [0.1, 0.15) is 11.1 Å². The van der Waals surface area contributed by atoms with Crippen molar-refractivity contribution in [2.75, 3.05) is 7.11 Å². The number of fused-ring (bicyclic) bond motifs is 1. The van der Waals surface area contributed by atoms with E-state index >= 15 is 0 Å². The molecule has 5 nitrogen and oxygen atoms in total. The molecule has 0 unspecified atom stereocenters. The van der Waals surface area contributed by atoms with Gasteiger partial charge in [-0.2, -0.15) is 14.9 Å². The zero-order chi connectivity index (χ0) is 18.8. The van der Waals surface area contributed by atoms with E-state index < -0.39 is 0 Å². The summed E-state index contributed by atoms with van der Waals surface area (Å²) in [5.41, 5.74) is 2.98. The SMILES string of the molecule is COc1ccc2ccccc2c1/C=N\n1c(-c2ccccc2C)n[nH]c1=S. The molecule has 0 amide bonds. The van der Waals surface area contributed by atoms with Gasteiger partial charge in [0.1, 0.15) is 5.75 Å². The number of nitrogens with zero attached hydrogens (tertiary/aromatic N) is 3. The van der Waals surface area contributed by atoms with Crippen LogP contribution in [-0.4, -0.2) is 28.2 Å². The number of ether oxygens (including phenoxy) is 1. The molecule has 4 aromatic rings. The molecule has 4 rings (SSSR count). The average molecular weight is 374 g/mol. The second-order valence-electron chi connectivity index (χ2n) is 6.13. The summed E-state index contributed by atoms with van der Waals surface area (Å²) in [5.74, 6) is 1.43. The van der Waals surface area contributed by atoms with Gasteiger partial charge in [0.25, 0.3) is 0 Å². The van der Waals surface area contributed by atoms with E-state index in [9.17, 15) is 0 Å². The molecule has 0 bridgehead atoms. The molecular formula is C21H18N4OS. The minimum atomic E-state index is 0.434. The first-order valence-electron chi connectivity index (χ1n) is 8.52. The quantitative estimate of drug-likeness (QED) is 0.406. The Bertz CT molecular complexity index is 1210. The number of aryl methyl sites for hydroxylation is 1. The molecule has 1 heterocycles. The zero-order valence-corrected chi connectivity index (χ0v) is 15.8. The van der Waals surface area contributed by atoms with E-state index in [1.54, 1.807) is 18.0 Å². The molecule has 0 atom stereocenters. The van der Waals surface area contributed by atoms with Crippen LogP contribution in [0.2, 0.25) is 0 Å². The van der Waals surface area contributed by atoms with Gasteiger partial charge in [0.2, 0.25) is 4.77 Å². The first kappa shape index (κ1) is 17.2. The summed E-state index contributed by atoms with van der Waals surface area (Å²) < 4.78 is 7.61. The van der Waals surface area contributed by atoms with Gasteiger partial charge in [-0.25, -0.2) is 5.10 Å². The number of hydrogen-bond donors (Lipinski definition) is 1. The Labute approximate surface area is 161 Å². The van der Waals surface area contributed by atoms with E-state index in [0.29, 0.717) is 10.6 Å². The minimum absolute atomic E-state index is 0.434. The first-order valence-corrected chi connectivity index (χ1v) is 8.93. The Balaban J connectivity index is 1.86. The number of aromatic nitrogens is 3. The summed E-state index contributed by atoms with van der Waals surface area (Å²) in [4.78, 5) is 0. The fraction of sp³-hybridized carbons (Fsp3) is 0.0952. The van der Waals surface area contributed by atoms with E-state index in [1.807, 2.05) is 55.5 Å². The van der Waals surface area contributed by atoms with E-state index in [-0.39, 0.29) is 0 Å². The van der Waals surface area contributed by atoms with Crippen LogP contribution in [0.4, 0.5) is 0 Å². The summed E-state index contributed by atoms with van der Waals surface area (Å²) >= 11 is 5.39. The lowest BCUT2D eigenvalue weighted by Crippen LogP contribution is -1.98. The molecule has 0 radical (unpaired) electrons. The van der Waals surface area contributed by atoms with Crippen molar-refractivity contribution in [1.29, 1.82) is 0 Å². The Kier molecular flexibility index (Phi) is 4.56. The maximum Gasteiger partial charge on any atom is 0.216 e. The van der Waals surface area contributed by atoms with Gasteiger partial charge in [0, 0.05) is 11.1 Å². The number of rotatable bonds is 4. The average Bonchev–Trinajstić information content (AvgIpc) is 3.06. The van der Waals surface area contributed by atoms with Gasteiger partial charge in [0.15, 0.2) is 5.82 Å². The molecule has 1 aromatic heterocycles. The molecule has 0 aliphatic carbocycles. The summed E-state index contributed by atoms with van der Waals surface area (Å²) in [6.45, 7) is 2.04.